The van der Waals surface area contributed by atoms with E-state index in [-0.39, 0.29) is 6.54 Å². The fourth-order valence-corrected chi connectivity index (χ4v) is 5.59. The van der Waals surface area contributed by atoms with Crippen molar-refractivity contribution in [2.75, 3.05) is 13.1 Å². The summed E-state index contributed by atoms with van der Waals surface area (Å²) < 4.78 is 6.06. The predicted octanol–water partition coefficient (Wildman–Crippen LogP) is 8.61. The molecule has 0 spiro atoms. The van der Waals surface area contributed by atoms with Crippen molar-refractivity contribution >= 4 is 17.3 Å². The average molecular weight is 522 g/mol. The van der Waals surface area contributed by atoms with Gasteiger partial charge >= 0.3 is 5.97 Å². The Balaban J connectivity index is 1.55. The van der Waals surface area contributed by atoms with Gasteiger partial charge in [0.05, 0.1) is 6.54 Å². The van der Waals surface area contributed by atoms with Gasteiger partial charge in [0.2, 0.25) is 0 Å². The van der Waals surface area contributed by atoms with Gasteiger partial charge < -0.3 is 9.84 Å². The number of carboxylic acid groups (broad SMARTS) is 1. The normalized spacial score (nSPS) is 11.5. The highest BCUT2D eigenvalue weighted by molar-refractivity contribution is 7.10. The highest BCUT2D eigenvalue weighted by Crippen LogP contribution is 2.29. The monoisotopic (exact) mass is 521 g/mol. The maximum absolute atomic E-state index is 11.3. The molecule has 200 valence electrons. The SMILES string of the molecule is CCCC(CCC)c1ccc(OCc2ccc(-c3csc(CN(CCC(C)C)CC(=O)O)c3)cc2)cc1. The van der Waals surface area contributed by atoms with Gasteiger partial charge in [-0.2, -0.15) is 0 Å². The molecule has 0 saturated carbocycles. The molecule has 1 aromatic heterocycles. The molecule has 37 heavy (non-hydrogen) atoms. The first-order valence-electron chi connectivity index (χ1n) is 13.7. The van der Waals surface area contributed by atoms with Crippen LogP contribution in [0.25, 0.3) is 11.1 Å². The van der Waals surface area contributed by atoms with Crippen molar-refractivity contribution in [3.63, 3.8) is 0 Å². The number of benzene rings is 2. The van der Waals surface area contributed by atoms with Crippen molar-refractivity contribution in [2.45, 2.75) is 78.9 Å². The van der Waals surface area contributed by atoms with E-state index in [1.807, 2.05) is 4.90 Å². The molecule has 0 aliphatic rings. The van der Waals surface area contributed by atoms with Crippen LogP contribution in [0, 0.1) is 5.92 Å². The Hall–Kier alpha value is -2.63. The predicted molar refractivity (Wildman–Crippen MR) is 155 cm³/mol. The van der Waals surface area contributed by atoms with E-state index in [9.17, 15) is 9.90 Å². The molecule has 0 fully saturated rings. The van der Waals surface area contributed by atoms with Crippen molar-refractivity contribution in [3.05, 3.63) is 76.0 Å². The second kappa shape index (κ2) is 14.9. The summed E-state index contributed by atoms with van der Waals surface area (Å²) in [6, 6.07) is 19.4. The van der Waals surface area contributed by atoms with Crippen LogP contribution in [0.15, 0.2) is 60.0 Å². The summed E-state index contributed by atoms with van der Waals surface area (Å²) in [4.78, 5) is 14.5. The Morgan fingerprint density at radius 2 is 1.62 bits per heavy atom. The third-order valence-electron chi connectivity index (χ3n) is 6.73. The lowest BCUT2D eigenvalue weighted by Gasteiger charge is -2.20. The Labute approximate surface area is 227 Å². The van der Waals surface area contributed by atoms with Crippen LogP contribution >= 0.6 is 11.3 Å². The lowest BCUT2D eigenvalue weighted by Crippen LogP contribution is -2.30. The average Bonchev–Trinajstić information content (AvgIpc) is 3.35. The Bertz CT molecular complexity index is 1070. The maximum Gasteiger partial charge on any atom is 0.317 e. The minimum atomic E-state index is -0.772. The second-order valence-corrected chi connectivity index (χ2v) is 11.4. The molecule has 0 radical (unpaired) electrons. The van der Waals surface area contributed by atoms with Crippen molar-refractivity contribution in [3.8, 4) is 16.9 Å². The summed E-state index contributed by atoms with van der Waals surface area (Å²) in [6.45, 7) is 10.9. The van der Waals surface area contributed by atoms with Crippen molar-refractivity contribution in [1.82, 2.24) is 4.90 Å². The molecule has 3 aromatic rings. The van der Waals surface area contributed by atoms with Gasteiger partial charge in [-0.25, -0.2) is 0 Å². The third-order valence-corrected chi connectivity index (χ3v) is 7.65. The molecule has 0 atom stereocenters. The molecular weight excluding hydrogens is 478 g/mol. The zero-order chi connectivity index (χ0) is 26.6. The summed E-state index contributed by atoms with van der Waals surface area (Å²) in [7, 11) is 0. The zero-order valence-electron chi connectivity index (χ0n) is 22.9. The van der Waals surface area contributed by atoms with Crippen LogP contribution in [0.1, 0.15) is 81.7 Å². The number of hydrogen-bond donors (Lipinski definition) is 1. The first-order valence-corrected chi connectivity index (χ1v) is 14.6. The number of carboxylic acids is 1. The van der Waals surface area contributed by atoms with E-state index in [0.29, 0.717) is 25.0 Å². The first-order chi connectivity index (χ1) is 17.9. The van der Waals surface area contributed by atoms with E-state index >= 15 is 0 Å². The van der Waals surface area contributed by atoms with E-state index in [1.54, 1.807) is 11.3 Å². The summed E-state index contributed by atoms with van der Waals surface area (Å²) in [6.07, 6.45) is 5.91. The highest BCUT2D eigenvalue weighted by atomic mass is 32.1. The molecule has 0 bridgehead atoms. The molecular formula is C32H43NO3S. The molecule has 4 nitrogen and oxygen atoms in total. The number of rotatable bonds is 16. The fourth-order valence-electron chi connectivity index (χ4n) is 4.65. The van der Waals surface area contributed by atoms with Gasteiger partial charge in [-0.15, -0.1) is 11.3 Å². The molecule has 0 saturated heterocycles. The topological polar surface area (TPSA) is 49.8 Å². The maximum atomic E-state index is 11.3. The van der Waals surface area contributed by atoms with Gasteiger partial charge in [-0.05, 0) is 83.5 Å². The quantitative estimate of drug-likeness (QED) is 0.205. The van der Waals surface area contributed by atoms with Crippen LogP contribution in [-0.2, 0) is 17.9 Å². The van der Waals surface area contributed by atoms with E-state index in [1.165, 1.54) is 47.3 Å². The van der Waals surface area contributed by atoms with Gasteiger partial charge in [-0.3, -0.25) is 9.69 Å². The highest BCUT2D eigenvalue weighted by Gasteiger charge is 2.13. The van der Waals surface area contributed by atoms with E-state index in [2.05, 4.69) is 87.7 Å². The van der Waals surface area contributed by atoms with Crippen LogP contribution in [0.4, 0.5) is 0 Å². The molecule has 3 rings (SSSR count). The minimum Gasteiger partial charge on any atom is -0.489 e. The standard InChI is InChI=1S/C32H43NO3S/c1-5-7-26(8-6-2)27-13-15-30(16-14-27)36-22-25-9-11-28(12-10-25)29-19-31(37-23-29)20-33(21-32(34)35)18-17-24(3)4/h9-16,19,23-24,26H,5-8,17-18,20-22H2,1-4H3,(H,34,35). The number of ether oxygens (including phenoxy) is 1. The summed E-state index contributed by atoms with van der Waals surface area (Å²) in [5, 5.41) is 11.4. The molecule has 0 aliphatic heterocycles. The molecule has 1 heterocycles. The van der Waals surface area contributed by atoms with Crippen LogP contribution < -0.4 is 4.74 Å². The Kier molecular flexibility index (Phi) is 11.7. The van der Waals surface area contributed by atoms with Crippen molar-refractivity contribution in [1.29, 1.82) is 0 Å². The first kappa shape index (κ1) is 28.9. The number of carbonyl (C=O) groups is 1. The second-order valence-electron chi connectivity index (χ2n) is 10.4. The lowest BCUT2D eigenvalue weighted by molar-refractivity contribution is -0.138. The molecule has 0 amide bonds. The smallest absolute Gasteiger partial charge is 0.317 e. The summed E-state index contributed by atoms with van der Waals surface area (Å²) >= 11 is 1.70. The minimum absolute atomic E-state index is 0.0788. The van der Waals surface area contributed by atoms with Gasteiger partial charge in [0.1, 0.15) is 12.4 Å². The number of thiophene rings is 1. The van der Waals surface area contributed by atoms with Gasteiger partial charge in [0.25, 0.3) is 0 Å². The number of hydrogen-bond acceptors (Lipinski definition) is 4. The van der Waals surface area contributed by atoms with Crippen molar-refractivity contribution < 1.29 is 14.6 Å². The van der Waals surface area contributed by atoms with E-state index in [0.717, 1.165) is 24.3 Å². The zero-order valence-corrected chi connectivity index (χ0v) is 23.7. The molecule has 0 unspecified atom stereocenters. The number of aliphatic carboxylic acids is 1. The molecule has 2 aromatic carbocycles. The van der Waals surface area contributed by atoms with Crippen LogP contribution in [0.5, 0.6) is 5.75 Å². The summed E-state index contributed by atoms with van der Waals surface area (Å²) in [5.41, 5.74) is 4.90. The Morgan fingerprint density at radius 1 is 0.946 bits per heavy atom. The van der Waals surface area contributed by atoms with E-state index in [4.69, 9.17) is 4.74 Å². The fraction of sp³-hybridized carbons (Fsp3) is 0.469. The summed E-state index contributed by atoms with van der Waals surface area (Å²) in [5.74, 6) is 1.34. The largest absolute Gasteiger partial charge is 0.489 e. The third kappa shape index (κ3) is 9.64. The van der Waals surface area contributed by atoms with Gasteiger partial charge in [0, 0.05) is 11.4 Å². The van der Waals surface area contributed by atoms with Crippen molar-refractivity contribution in [2.24, 2.45) is 5.92 Å². The van der Waals surface area contributed by atoms with Crippen LogP contribution in [-0.4, -0.2) is 29.1 Å². The Morgan fingerprint density at radius 3 is 2.22 bits per heavy atom. The van der Waals surface area contributed by atoms with Gasteiger partial charge in [-0.1, -0.05) is 76.9 Å². The van der Waals surface area contributed by atoms with Crippen LogP contribution in [0.3, 0.4) is 0 Å². The van der Waals surface area contributed by atoms with E-state index < -0.39 is 5.97 Å². The van der Waals surface area contributed by atoms with Gasteiger partial charge in [0.15, 0.2) is 0 Å². The van der Waals surface area contributed by atoms with Crippen LogP contribution in [0.2, 0.25) is 0 Å². The molecule has 0 aliphatic carbocycles. The lowest BCUT2D eigenvalue weighted by atomic mass is 9.90. The molecule has 1 N–H and O–H groups in total. The molecule has 5 heteroatoms. The number of nitrogens with zero attached hydrogens (tertiary/aromatic N) is 1.